The van der Waals surface area contributed by atoms with Crippen molar-refractivity contribution in [3.05, 3.63) is 70.7 Å². The van der Waals surface area contributed by atoms with Crippen molar-refractivity contribution >= 4 is 22.4 Å². The van der Waals surface area contributed by atoms with Crippen molar-refractivity contribution < 1.29 is 4.48 Å². The van der Waals surface area contributed by atoms with Crippen molar-refractivity contribution in [3.63, 3.8) is 0 Å². The largest absolute Gasteiger partial charge is 0.321 e. The first-order valence-corrected chi connectivity index (χ1v) is 8.04. The highest BCUT2D eigenvalue weighted by atomic mass is 35.5. The molecule has 0 aromatic heterocycles. The summed E-state index contributed by atoms with van der Waals surface area (Å²) in [4.78, 5) is 0. The molecule has 0 aliphatic carbocycles. The third-order valence-corrected chi connectivity index (χ3v) is 5.03. The third kappa shape index (κ3) is 2.05. The zero-order valence-electron chi connectivity index (χ0n) is 12.9. The Kier molecular flexibility index (Phi) is 3.04. The van der Waals surface area contributed by atoms with Crippen molar-refractivity contribution in [1.29, 1.82) is 0 Å². The zero-order chi connectivity index (χ0) is 15.3. The normalized spacial score (nSPS) is 16.0. The average Bonchev–Trinajstić information content (AvgIpc) is 2.84. The van der Waals surface area contributed by atoms with Crippen LogP contribution in [0.4, 0.5) is 0 Å². The van der Waals surface area contributed by atoms with E-state index in [1.54, 1.807) is 0 Å². The lowest BCUT2D eigenvalue weighted by molar-refractivity contribution is -0.909. The highest BCUT2D eigenvalue weighted by molar-refractivity contribution is 6.37. The topological polar surface area (TPSA) is 0 Å². The van der Waals surface area contributed by atoms with E-state index in [0.29, 0.717) is 0 Å². The van der Waals surface area contributed by atoms with E-state index in [9.17, 15) is 0 Å². The van der Waals surface area contributed by atoms with Crippen LogP contribution in [0.2, 0.25) is 5.02 Å². The molecule has 1 heterocycles. The van der Waals surface area contributed by atoms with E-state index in [1.165, 1.54) is 33.0 Å². The highest BCUT2D eigenvalue weighted by Crippen LogP contribution is 2.44. The van der Waals surface area contributed by atoms with Gasteiger partial charge in [-0.3, -0.25) is 0 Å². The molecule has 0 N–H and O–H groups in total. The molecule has 0 saturated heterocycles. The van der Waals surface area contributed by atoms with Crippen LogP contribution in [0, 0.1) is 0 Å². The van der Waals surface area contributed by atoms with Gasteiger partial charge in [0, 0.05) is 16.5 Å². The Morgan fingerprint density at radius 3 is 2.09 bits per heavy atom. The summed E-state index contributed by atoms with van der Waals surface area (Å²) in [7, 11) is 4.55. The Bertz CT molecular complexity index is 866. The predicted octanol–water partition coefficient (Wildman–Crippen LogP) is 5.25. The maximum Gasteiger partial charge on any atom is 0.106 e. The molecule has 1 aliphatic rings. The van der Waals surface area contributed by atoms with Crippen LogP contribution < -0.4 is 0 Å². The standard InChI is InChI=1S/C20H19ClN/c1-22(2)12-17-18(13-22)20(21)16-11-7-6-10-15(16)19(17)14-8-4-3-5-9-14/h3-11H,12-13H2,1-2H3/q+1. The average molecular weight is 309 g/mol. The Morgan fingerprint density at radius 2 is 1.36 bits per heavy atom. The van der Waals surface area contributed by atoms with Crippen LogP contribution in [0.5, 0.6) is 0 Å². The smallest absolute Gasteiger partial charge is 0.106 e. The number of halogens is 1. The quantitative estimate of drug-likeness (QED) is 0.539. The van der Waals surface area contributed by atoms with Gasteiger partial charge in [-0.15, -0.1) is 0 Å². The van der Waals surface area contributed by atoms with Crippen LogP contribution in [0.15, 0.2) is 54.6 Å². The molecule has 1 aliphatic heterocycles. The first-order valence-electron chi connectivity index (χ1n) is 7.66. The molecule has 0 unspecified atom stereocenters. The number of hydrogen-bond acceptors (Lipinski definition) is 0. The van der Waals surface area contributed by atoms with Gasteiger partial charge in [0.15, 0.2) is 0 Å². The van der Waals surface area contributed by atoms with Crippen LogP contribution >= 0.6 is 11.6 Å². The lowest BCUT2D eigenvalue weighted by atomic mass is 9.91. The lowest BCUT2D eigenvalue weighted by Gasteiger charge is -2.22. The summed E-state index contributed by atoms with van der Waals surface area (Å²) in [5.74, 6) is 0. The second-order valence-corrected chi connectivity index (χ2v) is 7.19. The van der Waals surface area contributed by atoms with Gasteiger partial charge in [-0.25, -0.2) is 0 Å². The van der Waals surface area contributed by atoms with Crippen molar-refractivity contribution in [1.82, 2.24) is 0 Å². The number of quaternary nitrogens is 1. The minimum atomic E-state index is 0.939. The van der Waals surface area contributed by atoms with Crippen molar-refractivity contribution in [2.75, 3.05) is 14.1 Å². The van der Waals surface area contributed by atoms with E-state index < -0.39 is 0 Å². The highest BCUT2D eigenvalue weighted by Gasteiger charge is 2.33. The molecule has 0 saturated carbocycles. The molecular formula is C20H19ClN+. The van der Waals surface area contributed by atoms with E-state index >= 15 is 0 Å². The van der Waals surface area contributed by atoms with Gasteiger partial charge in [0.25, 0.3) is 0 Å². The van der Waals surface area contributed by atoms with Crippen molar-refractivity contribution in [2.45, 2.75) is 13.1 Å². The first-order chi connectivity index (χ1) is 10.6. The molecule has 3 aromatic carbocycles. The molecule has 0 radical (unpaired) electrons. The van der Waals surface area contributed by atoms with Gasteiger partial charge in [-0.2, -0.15) is 0 Å². The van der Waals surface area contributed by atoms with Crippen LogP contribution in [0.3, 0.4) is 0 Å². The molecule has 2 heteroatoms. The zero-order valence-corrected chi connectivity index (χ0v) is 13.7. The molecule has 0 amide bonds. The summed E-state index contributed by atoms with van der Waals surface area (Å²) in [6.07, 6.45) is 0. The summed E-state index contributed by atoms with van der Waals surface area (Å²) < 4.78 is 0.964. The third-order valence-electron chi connectivity index (χ3n) is 4.60. The summed E-state index contributed by atoms with van der Waals surface area (Å²) in [5, 5.41) is 3.37. The van der Waals surface area contributed by atoms with Crippen LogP contribution in [-0.4, -0.2) is 18.6 Å². The minimum Gasteiger partial charge on any atom is -0.321 e. The number of nitrogens with zero attached hydrogens (tertiary/aromatic N) is 1. The Balaban J connectivity index is 2.14. The van der Waals surface area contributed by atoms with Crippen molar-refractivity contribution in [3.8, 4) is 11.1 Å². The van der Waals surface area contributed by atoms with Gasteiger partial charge in [0.05, 0.1) is 19.1 Å². The number of hydrogen-bond donors (Lipinski definition) is 0. The van der Waals surface area contributed by atoms with Gasteiger partial charge >= 0.3 is 0 Å². The van der Waals surface area contributed by atoms with Gasteiger partial charge in [0.1, 0.15) is 13.1 Å². The minimum absolute atomic E-state index is 0.939. The first kappa shape index (κ1) is 13.8. The SMILES string of the molecule is C[N+]1(C)Cc2c(c(-c3ccccc3)c3ccccc3c2Cl)C1. The number of benzene rings is 3. The Morgan fingerprint density at radius 1 is 0.773 bits per heavy atom. The number of fused-ring (bicyclic) bond motifs is 2. The molecule has 1 nitrogen and oxygen atoms in total. The summed E-state index contributed by atoms with van der Waals surface area (Å²) in [5.41, 5.74) is 5.39. The molecular weight excluding hydrogens is 290 g/mol. The summed E-state index contributed by atoms with van der Waals surface area (Å²) in [6, 6.07) is 19.2. The molecule has 0 fully saturated rings. The van der Waals surface area contributed by atoms with Crippen LogP contribution in [0.1, 0.15) is 11.1 Å². The number of rotatable bonds is 1. The van der Waals surface area contributed by atoms with E-state index in [1.807, 2.05) is 0 Å². The molecule has 110 valence electrons. The fourth-order valence-corrected chi connectivity index (χ4v) is 4.03. The monoisotopic (exact) mass is 308 g/mol. The molecule has 22 heavy (non-hydrogen) atoms. The van der Waals surface area contributed by atoms with Crippen LogP contribution in [0.25, 0.3) is 21.9 Å². The van der Waals surface area contributed by atoms with Gasteiger partial charge in [-0.1, -0.05) is 66.2 Å². The Labute approximate surface area is 136 Å². The second kappa shape index (κ2) is 4.84. The molecule has 0 bridgehead atoms. The molecule has 3 aromatic rings. The van der Waals surface area contributed by atoms with Crippen molar-refractivity contribution in [2.24, 2.45) is 0 Å². The molecule has 0 atom stereocenters. The van der Waals surface area contributed by atoms with Gasteiger partial charge in [0.2, 0.25) is 0 Å². The maximum atomic E-state index is 6.76. The van der Waals surface area contributed by atoms with E-state index in [-0.39, 0.29) is 0 Å². The van der Waals surface area contributed by atoms with Gasteiger partial charge < -0.3 is 4.48 Å². The van der Waals surface area contributed by atoms with E-state index in [0.717, 1.165) is 22.6 Å². The fraction of sp³-hybridized carbons (Fsp3) is 0.200. The fourth-order valence-electron chi connectivity index (χ4n) is 3.69. The predicted molar refractivity (Wildman–Crippen MR) is 93.9 cm³/mol. The molecule has 4 rings (SSSR count). The maximum absolute atomic E-state index is 6.76. The summed E-state index contributed by atoms with van der Waals surface area (Å²) in [6.45, 7) is 2.03. The second-order valence-electron chi connectivity index (χ2n) is 6.81. The van der Waals surface area contributed by atoms with Gasteiger partial charge in [-0.05, 0) is 16.5 Å². The lowest BCUT2D eigenvalue weighted by Crippen LogP contribution is -2.32. The Hall–Kier alpha value is -1.83. The van der Waals surface area contributed by atoms with E-state index in [2.05, 4.69) is 68.7 Å². The van der Waals surface area contributed by atoms with E-state index in [4.69, 9.17) is 11.6 Å². The summed E-state index contributed by atoms with van der Waals surface area (Å²) >= 11 is 6.76. The molecule has 0 spiro atoms. The van der Waals surface area contributed by atoms with Crippen LogP contribution in [-0.2, 0) is 13.1 Å².